The van der Waals surface area contributed by atoms with Crippen LogP contribution in [0.2, 0.25) is 0 Å². The first-order valence-corrected chi connectivity index (χ1v) is 3.91. The van der Waals surface area contributed by atoms with E-state index < -0.39 is 23.4 Å². The van der Waals surface area contributed by atoms with Crippen molar-refractivity contribution in [1.82, 2.24) is 0 Å². The van der Waals surface area contributed by atoms with Crippen LogP contribution in [0.4, 0.5) is 0 Å². The molecule has 1 atom stereocenters. The average Bonchev–Trinajstić information content (AvgIpc) is 1.99. The molecule has 0 aromatic heterocycles. The first-order chi connectivity index (χ1) is 5.77. The molecule has 0 aliphatic rings. The molecule has 1 unspecified atom stereocenters. The van der Waals surface area contributed by atoms with E-state index >= 15 is 0 Å². The van der Waals surface area contributed by atoms with Crippen LogP contribution >= 0.6 is 0 Å². The molecule has 0 amide bonds. The summed E-state index contributed by atoms with van der Waals surface area (Å²) in [5, 5.41) is 10.5. The number of carbonyl (C=O) groups excluding carboxylic acids is 2. The largest absolute Gasteiger partial charge is 0.463 e. The lowest BCUT2D eigenvalue weighted by Crippen LogP contribution is -2.35. The Kier molecular flexibility index (Phi) is 3.87. The van der Waals surface area contributed by atoms with Gasteiger partial charge in [-0.15, -0.1) is 0 Å². The summed E-state index contributed by atoms with van der Waals surface area (Å²) >= 11 is 0. The number of rotatable bonds is 4. The van der Waals surface area contributed by atoms with Crippen LogP contribution in [0, 0.1) is 5.41 Å². The molecule has 5 heteroatoms. The molecular formula is C8H14NO4. The van der Waals surface area contributed by atoms with Crippen molar-refractivity contribution < 1.29 is 19.4 Å². The second-order valence-corrected chi connectivity index (χ2v) is 3.57. The summed E-state index contributed by atoms with van der Waals surface area (Å²) in [5.41, 5.74) is 4.03. The number of carbonyl (C=O) groups is 2. The SMILES string of the molecule is CC(N)C(=O)OCC(C)(C)C([O])=O. The van der Waals surface area contributed by atoms with Crippen molar-refractivity contribution in [2.75, 3.05) is 6.61 Å². The fraction of sp³-hybridized carbons (Fsp3) is 0.750. The molecular weight excluding hydrogens is 174 g/mol. The van der Waals surface area contributed by atoms with E-state index in [1.165, 1.54) is 20.8 Å². The van der Waals surface area contributed by atoms with Gasteiger partial charge >= 0.3 is 11.9 Å². The summed E-state index contributed by atoms with van der Waals surface area (Å²) in [5.74, 6) is -1.88. The molecule has 0 heterocycles. The molecule has 0 rings (SSSR count). The highest BCUT2D eigenvalue weighted by molar-refractivity contribution is 5.76. The van der Waals surface area contributed by atoms with Gasteiger partial charge in [0.15, 0.2) is 0 Å². The number of hydrogen-bond acceptors (Lipinski definition) is 4. The number of ether oxygens (including phenoxy) is 1. The summed E-state index contributed by atoms with van der Waals surface area (Å²) < 4.78 is 4.64. The van der Waals surface area contributed by atoms with Gasteiger partial charge in [-0.1, -0.05) is 0 Å². The molecule has 75 valence electrons. The van der Waals surface area contributed by atoms with E-state index in [1.54, 1.807) is 0 Å². The van der Waals surface area contributed by atoms with Crippen molar-refractivity contribution in [2.45, 2.75) is 26.8 Å². The Morgan fingerprint density at radius 2 is 1.92 bits per heavy atom. The van der Waals surface area contributed by atoms with Crippen LogP contribution in [0.5, 0.6) is 0 Å². The third-order valence-corrected chi connectivity index (χ3v) is 1.50. The van der Waals surface area contributed by atoms with Crippen LogP contribution < -0.4 is 5.73 Å². The fourth-order valence-corrected chi connectivity index (χ4v) is 0.442. The Hall–Kier alpha value is -1.10. The molecule has 0 aromatic carbocycles. The van der Waals surface area contributed by atoms with Crippen molar-refractivity contribution >= 4 is 11.9 Å². The van der Waals surface area contributed by atoms with Crippen LogP contribution in [-0.2, 0) is 19.4 Å². The summed E-state index contributed by atoms with van der Waals surface area (Å²) in [6.07, 6.45) is 0. The molecule has 0 spiro atoms. The minimum atomic E-state index is -1.26. The maximum absolute atomic E-state index is 10.9. The fourth-order valence-electron chi connectivity index (χ4n) is 0.442. The Labute approximate surface area is 76.9 Å². The predicted octanol–water partition coefficient (Wildman–Crippen LogP) is -0.140. The van der Waals surface area contributed by atoms with Crippen LogP contribution in [0.3, 0.4) is 0 Å². The third-order valence-electron chi connectivity index (χ3n) is 1.50. The van der Waals surface area contributed by atoms with E-state index in [1.807, 2.05) is 0 Å². The third kappa shape index (κ3) is 3.89. The summed E-state index contributed by atoms with van der Waals surface area (Å²) in [6, 6.07) is -0.738. The molecule has 0 bridgehead atoms. The number of esters is 1. The lowest BCUT2D eigenvalue weighted by molar-refractivity contribution is -0.161. The summed E-state index contributed by atoms with van der Waals surface area (Å²) in [6.45, 7) is 4.07. The predicted molar refractivity (Wildman–Crippen MR) is 44.1 cm³/mol. The van der Waals surface area contributed by atoms with Crippen LogP contribution in [-0.4, -0.2) is 24.6 Å². The molecule has 0 aromatic rings. The zero-order valence-corrected chi connectivity index (χ0v) is 7.99. The van der Waals surface area contributed by atoms with E-state index in [0.717, 1.165) is 0 Å². The lowest BCUT2D eigenvalue weighted by Gasteiger charge is -2.17. The lowest BCUT2D eigenvalue weighted by atomic mass is 9.95. The second-order valence-electron chi connectivity index (χ2n) is 3.57. The van der Waals surface area contributed by atoms with E-state index in [2.05, 4.69) is 4.74 Å². The van der Waals surface area contributed by atoms with Crippen molar-refractivity contribution in [1.29, 1.82) is 0 Å². The standard InChI is InChI=1S/C8H14NO4/c1-5(9)6(10)13-4-8(2,3)7(11)12/h5H,4,9H2,1-3H3. The van der Waals surface area contributed by atoms with Gasteiger partial charge in [-0.2, -0.15) is 0 Å². The van der Waals surface area contributed by atoms with Crippen LogP contribution in [0.25, 0.3) is 0 Å². The van der Waals surface area contributed by atoms with Crippen LogP contribution in [0.15, 0.2) is 0 Å². The topological polar surface area (TPSA) is 89.3 Å². The zero-order chi connectivity index (χ0) is 10.6. The highest BCUT2D eigenvalue weighted by Crippen LogP contribution is 2.15. The zero-order valence-electron chi connectivity index (χ0n) is 7.99. The van der Waals surface area contributed by atoms with Gasteiger partial charge < -0.3 is 10.5 Å². The second kappa shape index (κ2) is 4.23. The molecule has 2 N–H and O–H groups in total. The van der Waals surface area contributed by atoms with Gasteiger partial charge in [-0.05, 0) is 20.8 Å². The van der Waals surface area contributed by atoms with Crippen molar-refractivity contribution in [2.24, 2.45) is 11.1 Å². The highest BCUT2D eigenvalue weighted by atomic mass is 16.5. The highest BCUT2D eigenvalue weighted by Gasteiger charge is 2.31. The van der Waals surface area contributed by atoms with Gasteiger partial charge in [0.2, 0.25) is 0 Å². The quantitative estimate of drug-likeness (QED) is 0.622. The summed E-state index contributed by atoms with van der Waals surface area (Å²) in [4.78, 5) is 21.3. The number of nitrogens with two attached hydrogens (primary N) is 1. The first-order valence-electron chi connectivity index (χ1n) is 3.91. The Morgan fingerprint density at radius 1 is 1.46 bits per heavy atom. The van der Waals surface area contributed by atoms with Gasteiger partial charge in [0.1, 0.15) is 18.1 Å². The average molecular weight is 188 g/mol. The molecule has 0 saturated heterocycles. The molecule has 5 nitrogen and oxygen atoms in total. The Morgan fingerprint density at radius 3 is 2.23 bits per heavy atom. The normalized spacial score (nSPS) is 13.5. The van der Waals surface area contributed by atoms with E-state index in [0.29, 0.717) is 0 Å². The monoisotopic (exact) mass is 188 g/mol. The molecule has 0 aliphatic carbocycles. The van der Waals surface area contributed by atoms with Gasteiger partial charge in [-0.25, -0.2) is 9.90 Å². The Balaban J connectivity index is 4.03. The molecule has 0 fully saturated rings. The van der Waals surface area contributed by atoms with E-state index in [9.17, 15) is 14.7 Å². The van der Waals surface area contributed by atoms with Gasteiger partial charge in [-0.3, -0.25) is 4.79 Å². The van der Waals surface area contributed by atoms with Crippen LogP contribution in [0.1, 0.15) is 20.8 Å². The van der Waals surface area contributed by atoms with Crippen molar-refractivity contribution in [3.8, 4) is 0 Å². The molecule has 0 aliphatic heterocycles. The summed E-state index contributed by atoms with van der Waals surface area (Å²) in [7, 11) is 0. The molecule has 0 saturated carbocycles. The number of hydrogen-bond donors (Lipinski definition) is 1. The van der Waals surface area contributed by atoms with Gasteiger partial charge in [0.05, 0.1) is 0 Å². The maximum Gasteiger partial charge on any atom is 0.364 e. The van der Waals surface area contributed by atoms with Gasteiger partial charge in [0, 0.05) is 0 Å². The molecule has 1 radical (unpaired) electrons. The Bertz CT molecular complexity index is 210. The van der Waals surface area contributed by atoms with Crippen molar-refractivity contribution in [3.05, 3.63) is 0 Å². The van der Waals surface area contributed by atoms with E-state index in [-0.39, 0.29) is 6.61 Å². The smallest absolute Gasteiger partial charge is 0.364 e. The van der Waals surface area contributed by atoms with Gasteiger partial charge in [0.25, 0.3) is 0 Å². The van der Waals surface area contributed by atoms with E-state index in [4.69, 9.17) is 5.73 Å². The minimum absolute atomic E-state index is 0.226. The van der Waals surface area contributed by atoms with Crippen molar-refractivity contribution in [3.63, 3.8) is 0 Å². The molecule has 13 heavy (non-hydrogen) atoms. The first kappa shape index (κ1) is 11.9. The maximum atomic E-state index is 10.9. The minimum Gasteiger partial charge on any atom is -0.463 e.